The average Bonchev–Trinajstić information content (AvgIpc) is 2.74. The molecule has 28 heavy (non-hydrogen) atoms. The number of nitrogens with one attached hydrogen (secondary N) is 2. The van der Waals surface area contributed by atoms with Gasteiger partial charge in [-0.1, -0.05) is 73.7 Å². The van der Waals surface area contributed by atoms with Crippen LogP contribution < -0.4 is 10.6 Å². The molecule has 4 rings (SSSR count). The van der Waals surface area contributed by atoms with E-state index in [1.54, 1.807) is 11.6 Å². The highest BCUT2D eigenvalue weighted by Gasteiger charge is 2.27. The zero-order valence-electron chi connectivity index (χ0n) is 16.0. The van der Waals surface area contributed by atoms with E-state index in [0.717, 1.165) is 36.1 Å². The second kappa shape index (κ2) is 8.22. The Morgan fingerprint density at radius 3 is 2.00 bits per heavy atom. The van der Waals surface area contributed by atoms with Gasteiger partial charge >= 0.3 is 0 Å². The minimum atomic E-state index is -2.99. The fourth-order valence-electron chi connectivity index (χ4n) is 3.33. The van der Waals surface area contributed by atoms with Gasteiger partial charge < -0.3 is 10.2 Å². The molecule has 0 unspecified atom stereocenters. The summed E-state index contributed by atoms with van der Waals surface area (Å²) in [6.45, 7) is 2.25. The second-order valence-corrected chi connectivity index (χ2v) is 9.53. The molecule has 2 aromatic rings. The van der Waals surface area contributed by atoms with Crippen molar-refractivity contribution in [1.82, 2.24) is 10.6 Å². The first kappa shape index (κ1) is 18.8. The lowest BCUT2D eigenvalue weighted by atomic mass is 9.95. The van der Waals surface area contributed by atoms with E-state index >= 15 is 0 Å². The van der Waals surface area contributed by atoms with Crippen molar-refractivity contribution >= 4 is 18.8 Å². The molecular formula is C23H25N2O2P. The Morgan fingerprint density at radius 1 is 0.929 bits per heavy atom. The Hall–Kier alpha value is -2.55. The molecule has 5 heteroatoms. The van der Waals surface area contributed by atoms with Crippen molar-refractivity contribution in [2.45, 2.75) is 26.2 Å². The van der Waals surface area contributed by atoms with Crippen LogP contribution in [0.1, 0.15) is 37.3 Å². The molecule has 0 fully saturated rings. The Kier molecular flexibility index (Phi) is 5.52. The van der Waals surface area contributed by atoms with Gasteiger partial charge in [-0.2, -0.15) is 5.20 Å². The fourth-order valence-corrected chi connectivity index (χ4v) is 4.95. The van der Waals surface area contributed by atoms with Crippen molar-refractivity contribution in [3.8, 4) is 0 Å². The van der Waals surface area contributed by atoms with Gasteiger partial charge in [-0.25, -0.2) is 0 Å². The van der Waals surface area contributed by atoms with E-state index in [9.17, 15) is 4.57 Å². The van der Waals surface area contributed by atoms with Crippen LogP contribution in [0.2, 0.25) is 0 Å². The van der Waals surface area contributed by atoms with Crippen LogP contribution in [0.5, 0.6) is 0 Å². The highest BCUT2D eigenvalue weighted by atomic mass is 31.2. The molecule has 0 saturated heterocycles. The zero-order valence-corrected chi connectivity index (χ0v) is 16.9. The lowest BCUT2D eigenvalue weighted by molar-refractivity contribution is 0.466. The number of hydrogen-bond donors (Lipinski definition) is 2. The summed E-state index contributed by atoms with van der Waals surface area (Å²) in [7, 11) is -2.99. The quantitative estimate of drug-likeness (QED) is 0.478. The van der Waals surface area contributed by atoms with E-state index in [1.165, 1.54) is 0 Å². The molecule has 0 radical (unpaired) electrons. The minimum Gasteiger partial charge on any atom is -0.456 e. The summed E-state index contributed by atoms with van der Waals surface area (Å²) in [4.78, 5) is 0. The fraction of sp³-hybridized carbons (Fsp3) is 0.217. The summed E-state index contributed by atoms with van der Waals surface area (Å²) in [6.07, 6.45) is 5.35. The van der Waals surface area contributed by atoms with Crippen molar-refractivity contribution in [3.05, 3.63) is 95.2 Å². The first-order chi connectivity index (χ1) is 13.6. The van der Waals surface area contributed by atoms with Crippen molar-refractivity contribution in [3.63, 3.8) is 0 Å². The van der Waals surface area contributed by atoms with Gasteiger partial charge in [0.15, 0.2) is 0 Å². The SMILES string of the molecule is C[C@@H]1CC=C(NNP2(=O)C=C(c3ccccc3)OC(c3ccccc3)=C2)CC1. The van der Waals surface area contributed by atoms with Gasteiger partial charge in [-0.3, -0.25) is 4.57 Å². The lowest BCUT2D eigenvalue weighted by Crippen LogP contribution is -2.29. The van der Waals surface area contributed by atoms with Crippen LogP contribution in [0.3, 0.4) is 0 Å². The number of hydrogen-bond acceptors (Lipinski definition) is 3. The van der Waals surface area contributed by atoms with Gasteiger partial charge in [0.25, 0.3) is 0 Å². The number of hydrazine groups is 1. The first-order valence-electron chi connectivity index (χ1n) is 9.67. The third-order valence-electron chi connectivity index (χ3n) is 5.02. The maximum absolute atomic E-state index is 13.7. The topological polar surface area (TPSA) is 50.4 Å². The summed E-state index contributed by atoms with van der Waals surface area (Å²) < 4.78 is 19.8. The van der Waals surface area contributed by atoms with Gasteiger partial charge in [0.1, 0.15) is 11.5 Å². The summed E-state index contributed by atoms with van der Waals surface area (Å²) in [5.41, 5.74) is 6.10. The molecule has 0 saturated carbocycles. The number of benzene rings is 2. The standard InChI is InChI=1S/C23H25N2O2P/c1-18-12-14-21(15-13-18)24-25-28(26)16-22(19-8-4-2-5-9-19)27-23(17-28)20-10-6-3-7-11-20/h2-11,14,16-18,24H,12-13,15H2,1H3,(H,25,26)/t18-/m1/s1. The summed E-state index contributed by atoms with van der Waals surface area (Å²) in [5.74, 6) is 5.32. The van der Waals surface area contributed by atoms with Gasteiger partial charge in [0, 0.05) is 28.5 Å². The number of ether oxygens (including phenoxy) is 1. The Balaban J connectivity index is 1.63. The molecule has 1 aliphatic heterocycles. The maximum Gasteiger partial charge on any atom is 0.214 e. The summed E-state index contributed by atoms with van der Waals surface area (Å²) in [5, 5.41) is 3.09. The molecule has 2 aromatic carbocycles. The summed E-state index contributed by atoms with van der Waals surface area (Å²) in [6, 6.07) is 19.6. The van der Waals surface area contributed by atoms with E-state index in [2.05, 4.69) is 23.6 Å². The van der Waals surface area contributed by atoms with Crippen LogP contribution >= 0.6 is 7.29 Å². The van der Waals surface area contributed by atoms with Gasteiger partial charge in [-0.05, 0) is 25.2 Å². The number of allylic oxidation sites excluding steroid dienone is 2. The van der Waals surface area contributed by atoms with E-state index in [-0.39, 0.29) is 0 Å². The highest BCUT2D eigenvalue weighted by Crippen LogP contribution is 2.52. The van der Waals surface area contributed by atoms with Gasteiger partial charge in [0.05, 0.1) is 0 Å². The average molecular weight is 392 g/mol. The molecule has 2 aliphatic rings. The lowest BCUT2D eigenvalue weighted by Gasteiger charge is -2.25. The summed E-state index contributed by atoms with van der Waals surface area (Å²) >= 11 is 0. The highest BCUT2D eigenvalue weighted by molar-refractivity contribution is 7.68. The molecule has 2 N–H and O–H groups in total. The second-order valence-electron chi connectivity index (χ2n) is 7.38. The smallest absolute Gasteiger partial charge is 0.214 e. The van der Waals surface area contributed by atoms with Crippen molar-refractivity contribution in [1.29, 1.82) is 0 Å². The molecule has 1 atom stereocenters. The van der Waals surface area contributed by atoms with E-state index in [1.807, 2.05) is 60.7 Å². The molecule has 1 heterocycles. The first-order valence-corrected chi connectivity index (χ1v) is 11.5. The number of rotatable bonds is 5. The minimum absolute atomic E-state index is 0.603. The Bertz CT molecular complexity index is 905. The van der Waals surface area contributed by atoms with Crippen molar-refractivity contribution in [2.75, 3.05) is 0 Å². The van der Waals surface area contributed by atoms with E-state index in [0.29, 0.717) is 17.4 Å². The third kappa shape index (κ3) is 4.46. The van der Waals surface area contributed by atoms with Crippen molar-refractivity contribution in [2.24, 2.45) is 5.92 Å². The monoisotopic (exact) mass is 392 g/mol. The Labute approximate surface area is 166 Å². The van der Waals surface area contributed by atoms with Crippen LogP contribution in [0.25, 0.3) is 11.5 Å². The molecule has 0 bridgehead atoms. The van der Waals surface area contributed by atoms with Gasteiger partial charge in [-0.15, -0.1) is 0 Å². The normalized spacial score (nSPS) is 21.0. The maximum atomic E-state index is 13.7. The van der Waals surface area contributed by atoms with E-state index < -0.39 is 7.29 Å². The molecule has 0 aromatic heterocycles. The van der Waals surface area contributed by atoms with Crippen LogP contribution in [0.4, 0.5) is 0 Å². The van der Waals surface area contributed by atoms with E-state index in [4.69, 9.17) is 4.74 Å². The third-order valence-corrected chi connectivity index (χ3v) is 6.72. The molecule has 4 nitrogen and oxygen atoms in total. The van der Waals surface area contributed by atoms with Crippen molar-refractivity contribution < 1.29 is 9.30 Å². The van der Waals surface area contributed by atoms with Crippen LogP contribution in [-0.4, -0.2) is 0 Å². The predicted molar refractivity (Wildman–Crippen MR) is 115 cm³/mol. The largest absolute Gasteiger partial charge is 0.456 e. The molecule has 0 spiro atoms. The molecule has 1 aliphatic carbocycles. The van der Waals surface area contributed by atoms with Crippen LogP contribution in [0.15, 0.2) is 84.1 Å². The van der Waals surface area contributed by atoms with Gasteiger partial charge in [0.2, 0.25) is 7.29 Å². The molecule has 144 valence electrons. The van der Waals surface area contributed by atoms with Crippen LogP contribution in [-0.2, 0) is 9.30 Å². The zero-order chi connectivity index (χ0) is 19.4. The molecular weight excluding hydrogens is 367 g/mol. The molecule has 0 amide bonds. The van der Waals surface area contributed by atoms with Crippen LogP contribution in [0, 0.1) is 5.92 Å². The Morgan fingerprint density at radius 2 is 1.50 bits per heavy atom. The predicted octanol–water partition coefficient (Wildman–Crippen LogP) is 6.09.